The number of rotatable bonds is 12. The second kappa shape index (κ2) is 18.9. The molecule has 2 unspecified atom stereocenters. The summed E-state index contributed by atoms with van der Waals surface area (Å²) >= 11 is 2.95. The molecule has 328 valence electrons. The van der Waals surface area contributed by atoms with Crippen LogP contribution < -0.4 is 14.8 Å². The molecule has 0 spiro atoms. The standard InChI is InChI=1S/C46H59N4O8PS2/c1-29(2)47-45-49-39(28-61-45)38-23-42(36-18-17-33(56-3)21-37(36)48-38)57-34-22-40-41(51)25-46(59(54,55)27-35-16-11-19-60-35)24-31(46)13-8-6-4-5-7-12-30(44(53)50(40)26-34)20-43(52)58-32-14-9-10-15-32/h11,16-19,21,23,28-32,34,40H,4-10,12-15,20,22,24-27H2,1-3H3,(H,47,49)(H,54,55)/t30?,31-,34-,40+,46-/m1/s1. The number of esters is 1. The lowest BCUT2D eigenvalue weighted by molar-refractivity contribution is -0.154. The Hall–Kier alpha value is -3.84. The molecule has 12 nitrogen and oxygen atoms in total. The number of nitrogens with zero attached hydrogens (tertiary/aromatic N) is 3. The third kappa shape index (κ3) is 10.0. The van der Waals surface area contributed by atoms with Crippen molar-refractivity contribution >= 4 is 63.7 Å². The largest absolute Gasteiger partial charge is 0.497 e. The van der Waals surface area contributed by atoms with E-state index in [1.54, 1.807) is 12.0 Å². The maximum Gasteiger partial charge on any atom is 0.306 e. The molecule has 2 aliphatic heterocycles. The smallest absolute Gasteiger partial charge is 0.306 e. The van der Waals surface area contributed by atoms with Gasteiger partial charge in [0.15, 0.2) is 10.9 Å². The van der Waals surface area contributed by atoms with Crippen LogP contribution in [0.2, 0.25) is 0 Å². The molecule has 2 N–H and O–H groups in total. The zero-order valence-corrected chi connectivity index (χ0v) is 38.0. The Bertz CT molecular complexity index is 2240. The number of carbonyl (C=O) groups excluding carboxylic acids is 3. The first-order valence-corrected chi connectivity index (χ1v) is 25.8. The third-order valence-electron chi connectivity index (χ3n) is 13.2. The van der Waals surface area contributed by atoms with E-state index in [9.17, 15) is 23.8 Å². The highest BCUT2D eigenvalue weighted by Crippen LogP contribution is 2.75. The van der Waals surface area contributed by atoms with Crippen molar-refractivity contribution < 1.29 is 38.1 Å². The number of methoxy groups -OCH3 is 1. The lowest BCUT2D eigenvalue weighted by Gasteiger charge is -2.30. The Balaban J connectivity index is 1.12. The van der Waals surface area contributed by atoms with Gasteiger partial charge in [-0.3, -0.25) is 18.9 Å². The molecule has 4 fully saturated rings. The van der Waals surface area contributed by atoms with Crippen molar-refractivity contribution in [1.29, 1.82) is 0 Å². The van der Waals surface area contributed by atoms with E-state index in [1.165, 1.54) is 22.7 Å². The summed E-state index contributed by atoms with van der Waals surface area (Å²) in [6.07, 6.45) is 9.56. The number of thiazole rings is 1. The maximum atomic E-state index is 14.9. The minimum Gasteiger partial charge on any atom is -0.497 e. The first-order chi connectivity index (χ1) is 29.4. The molecule has 4 aliphatic rings. The molecule has 2 saturated heterocycles. The van der Waals surface area contributed by atoms with Gasteiger partial charge in [-0.15, -0.1) is 22.7 Å². The molecule has 0 bridgehead atoms. The van der Waals surface area contributed by atoms with Crippen LogP contribution in [0.4, 0.5) is 5.13 Å². The van der Waals surface area contributed by atoms with Crippen LogP contribution in [-0.2, 0) is 29.8 Å². The average Bonchev–Trinajstić information content (AvgIpc) is 3.86. The first kappa shape index (κ1) is 43.8. The first-order valence-electron chi connectivity index (χ1n) is 22.2. The Labute approximate surface area is 366 Å². The van der Waals surface area contributed by atoms with Crippen molar-refractivity contribution in [3.63, 3.8) is 0 Å². The molecular formula is C46H59N4O8PS2. The van der Waals surface area contributed by atoms with Gasteiger partial charge in [0.05, 0.1) is 48.6 Å². The van der Waals surface area contributed by atoms with Crippen molar-refractivity contribution in [1.82, 2.24) is 14.9 Å². The molecule has 3 aromatic heterocycles. The number of hydrogen-bond donors (Lipinski definition) is 2. The fraction of sp³-hybridized carbons (Fsp3) is 0.587. The zero-order chi connectivity index (χ0) is 42.7. The number of pyridine rings is 1. The lowest BCUT2D eigenvalue weighted by Crippen LogP contribution is -2.45. The third-order valence-corrected chi connectivity index (χ3v) is 17.9. The van der Waals surface area contributed by atoms with Crippen LogP contribution in [0.25, 0.3) is 22.3 Å². The summed E-state index contributed by atoms with van der Waals surface area (Å²) in [7, 11) is -2.24. The van der Waals surface area contributed by atoms with E-state index in [-0.39, 0.29) is 67.7 Å². The highest BCUT2D eigenvalue weighted by atomic mass is 32.1. The number of thiophene rings is 1. The van der Waals surface area contributed by atoms with E-state index >= 15 is 0 Å². The van der Waals surface area contributed by atoms with Gasteiger partial charge < -0.3 is 29.3 Å². The number of amides is 1. The Morgan fingerprint density at radius 2 is 1.75 bits per heavy atom. The quantitative estimate of drug-likeness (QED) is 0.103. The van der Waals surface area contributed by atoms with E-state index in [0.717, 1.165) is 79.6 Å². The summed E-state index contributed by atoms with van der Waals surface area (Å²) in [5.41, 5.74) is 1.93. The van der Waals surface area contributed by atoms with Gasteiger partial charge >= 0.3 is 5.97 Å². The number of nitrogens with one attached hydrogen (secondary N) is 1. The molecule has 1 amide bonds. The summed E-state index contributed by atoms with van der Waals surface area (Å²) in [4.78, 5) is 67.4. The van der Waals surface area contributed by atoms with Gasteiger partial charge in [0, 0.05) is 52.6 Å². The van der Waals surface area contributed by atoms with E-state index < -0.39 is 30.6 Å². The Kier molecular flexibility index (Phi) is 13.5. The van der Waals surface area contributed by atoms with Crippen LogP contribution >= 0.6 is 30.0 Å². The fourth-order valence-corrected chi connectivity index (χ4v) is 14.5. The van der Waals surface area contributed by atoms with Crippen molar-refractivity contribution in [3.8, 4) is 22.9 Å². The number of hydrogen-bond acceptors (Lipinski definition) is 12. The normalized spacial score (nSPS) is 26.3. The number of ether oxygens (including phenoxy) is 3. The van der Waals surface area contributed by atoms with Crippen molar-refractivity contribution in [2.75, 3.05) is 19.0 Å². The van der Waals surface area contributed by atoms with E-state index in [1.807, 2.05) is 47.2 Å². The highest BCUT2D eigenvalue weighted by molar-refractivity contribution is 7.59. The Morgan fingerprint density at radius 3 is 2.51 bits per heavy atom. The van der Waals surface area contributed by atoms with Crippen molar-refractivity contribution in [2.45, 2.75) is 146 Å². The van der Waals surface area contributed by atoms with Gasteiger partial charge in [-0.2, -0.15) is 0 Å². The van der Waals surface area contributed by atoms with Crippen LogP contribution in [-0.4, -0.2) is 80.5 Å². The predicted molar refractivity (Wildman–Crippen MR) is 240 cm³/mol. The van der Waals surface area contributed by atoms with Gasteiger partial charge in [0.1, 0.15) is 29.4 Å². The highest BCUT2D eigenvalue weighted by Gasteiger charge is 2.65. The van der Waals surface area contributed by atoms with Crippen molar-refractivity contribution in [3.05, 3.63) is 52.0 Å². The van der Waals surface area contributed by atoms with Crippen LogP contribution in [0.15, 0.2) is 47.2 Å². The second-order valence-electron chi connectivity index (χ2n) is 17.9. The molecule has 0 radical (unpaired) electrons. The average molecular weight is 891 g/mol. The van der Waals surface area contributed by atoms with Gasteiger partial charge in [-0.25, -0.2) is 9.97 Å². The van der Waals surface area contributed by atoms with Crippen LogP contribution in [0.5, 0.6) is 11.5 Å². The summed E-state index contributed by atoms with van der Waals surface area (Å²) < 4.78 is 32.8. The summed E-state index contributed by atoms with van der Waals surface area (Å²) in [6.45, 7) is 4.24. The number of benzene rings is 1. The molecular weight excluding hydrogens is 832 g/mol. The van der Waals surface area contributed by atoms with E-state index in [4.69, 9.17) is 24.2 Å². The molecule has 1 aromatic carbocycles. The van der Waals surface area contributed by atoms with Crippen LogP contribution in [0.1, 0.15) is 115 Å². The van der Waals surface area contributed by atoms with Crippen molar-refractivity contribution in [2.24, 2.45) is 11.8 Å². The molecule has 4 aromatic rings. The Morgan fingerprint density at radius 1 is 0.984 bits per heavy atom. The summed E-state index contributed by atoms with van der Waals surface area (Å²) in [5, 5.41) is 7.70. The SMILES string of the molecule is COc1ccc2c(O[C@@H]3C[C@H]4C(=O)C[C@]5(P(=O)(O)Cc6cccs6)C[C@H]5CCCCCCCC(CC(=O)OC5CCCC5)C(=O)N4C3)cc(-c3csc(NC(C)C)n3)nc2c1. The van der Waals surface area contributed by atoms with Crippen LogP contribution in [0, 0.1) is 11.8 Å². The monoisotopic (exact) mass is 890 g/mol. The summed E-state index contributed by atoms with van der Waals surface area (Å²) in [5.74, 6) is -0.363. The predicted octanol–water partition coefficient (Wildman–Crippen LogP) is 10.0. The minimum atomic E-state index is -3.84. The second-order valence-corrected chi connectivity index (χ2v) is 22.4. The lowest BCUT2D eigenvalue weighted by atomic mass is 9.94. The van der Waals surface area contributed by atoms with Gasteiger partial charge in [-0.1, -0.05) is 38.2 Å². The number of aromatic nitrogens is 2. The molecule has 8 rings (SSSR count). The topological polar surface area (TPSA) is 157 Å². The zero-order valence-electron chi connectivity index (χ0n) is 35.5. The van der Waals surface area contributed by atoms with E-state index in [0.29, 0.717) is 41.2 Å². The van der Waals surface area contributed by atoms with Crippen LogP contribution in [0.3, 0.4) is 0 Å². The molecule has 2 aliphatic carbocycles. The maximum absolute atomic E-state index is 14.9. The molecule has 15 heteroatoms. The summed E-state index contributed by atoms with van der Waals surface area (Å²) in [6, 6.07) is 10.5. The molecule has 5 heterocycles. The number of ketones is 1. The number of anilines is 1. The fourth-order valence-electron chi connectivity index (χ4n) is 9.85. The molecule has 61 heavy (non-hydrogen) atoms. The minimum absolute atomic E-state index is 0.0337. The number of Topliss-reactive ketones (excluding diaryl/α,β-unsaturated/α-hetero) is 1. The van der Waals surface area contributed by atoms with Gasteiger partial charge in [-0.05, 0) is 88.3 Å². The van der Waals surface area contributed by atoms with Gasteiger partial charge in [0.25, 0.3) is 0 Å². The van der Waals surface area contributed by atoms with Gasteiger partial charge in [0.2, 0.25) is 13.3 Å². The number of fused-ring (bicyclic) bond motifs is 3. The van der Waals surface area contributed by atoms with E-state index in [2.05, 4.69) is 19.2 Å². The number of carbonyl (C=O) groups is 3. The molecule has 6 atom stereocenters. The molecule has 2 saturated carbocycles.